The fourth-order valence-corrected chi connectivity index (χ4v) is 2.46. The second kappa shape index (κ2) is 13.8. The molecular weight excluding hydrogens is 304 g/mol. The lowest BCUT2D eigenvalue weighted by Crippen LogP contribution is -2.12. The Bertz CT molecular complexity index is 459. The summed E-state index contributed by atoms with van der Waals surface area (Å²) in [5.74, 6) is 3.68. The van der Waals surface area contributed by atoms with E-state index >= 15 is 0 Å². The van der Waals surface area contributed by atoms with Gasteiger partial charge in [-0.15, -0.1) is 13.2 Å². The maximum atomic E-state index is 5.90. The van der Waals surface area contributed by atoms with Crippen molar-refractivity contribution >= 4 is 0 Å². The van der Waals surface area contributed by atoms with Crippen LogP contribution in [-0.4, -0.2) is 6.61 Å². The van der Waals surface area contributed by atoms with E-state index < -0.39 is 0 Å². The number of aryl methyl sites for hydroxylation is 1. The van der Waals surface area contributed by atoms with Crippen molar-refractivity contribution < 1.29 is 4.74 Å². The Hall–Kier alpha value is -1.50. The van der Waals surface area contributed by atoms with Gasteiger partial charge in [-0.1, -0.05) is 70.9 Å². The van der Waals surface area contributed by atoms with Gasteiger partial charge in [0.05, 0.1) is 6.61 Å². The number of ether oxygens (including phenoxy) is 1. The first-order chi connectivity index (χ1) is 11.9. The van der Waals surface area contributed by atoms with Crippen molar-refractivity contribution in [3.05, 3.63) is 55.1 Å². The molecule has 0 amide bonds. The number of allylic oxidation sites excluding steroid dienone is 2. The van der Waals surface area contributed by atoms with Crippen molar-refractivity contribution in [3.63, 3.8) is 0 Å². The number of hydrogen-bond acceptors (Lipinski definition) is 1. The minimum absolute atomic E-state index is 0.601. The highest BCUT2D eigenvalue weighted by Gasteiger charge is 2.12. The molecule has 0 bridgehead atoms. The highest BCUT2D eigenvalue weighted by molar-refractivity contribution is 5.26. The smallest absolute Gasteiger partial charge is 0.119 e. The van der Waals surface area contributed by atoms with Gasteiger partial charge in [0.2, 0.25) is 0 Å². The maximum absolute atomic E-state index is 5.90. The molecule has 0 fully saturated rings. The molecule has 1 rings (SSSR count). The van der Waals surface area contributed by atoms with E-state index in [1.54, 1.807) is 0 Å². The van der Waals surface area contributed by atoms with E-state index in [1.807, 2.05) is 0 Å². The van der Waals surface area contributed by atoms with Crippen LogP contribution in [0.2, 0.25) is 0 Å². The van der Waals surface area contributed by atoms with Crippen molar-refractivity contribution in [1.29, 1.82) is 0 Å². The quantitative estimate of drug-likeness (QED) is 0.400. The monoisotopic (exact) mass is 344 g/mol. The first kappa shape index (κ1) is 23.5. The molecule has 0 spiro atoms. The molecule has 0 aliphatic heterocycles. The molecule has 1 heteroatoms. The van der Waals surface area contributed by atoms with Crippen LogP contribution < -0.4 is 4.74 Å². The van der Waals surface area contributed by atoms with Gasteiger partial charge in [0.15, 0.2) is 0 Å². The molecule has 25 heavy (non-hydrogen) atoms. The Morgan fingerprint density at radius 3 is 2.12 bits per heavy atom. The Labute approximate surface area is 157 Å². The molecule has 1 aromatic rings. The second-order valence-electron chi connectivity index (χ2n) is 7.41. The average Bonchev–Trinajstić information content (AvgIpc) is 2.64. The van der Waals surface area contributed by atoms with Crippen LogP contribution in [0.5, 0.6) is 5.75 Å². The third-order valence-electron chi connectivity index (χ3n) is 4.96. The van der Waals surface area contributed by atoms with Gasteiger partial charge < -0.3 is 4.74 Å². The third-order valence-corrected chi connectivity index (χ3v) is 4.96. The zero-order valence-electron chi connectivity index (χ0n) is 17.4. The average molecular weight is 345 g/mol. The van der Waals surface area contributed by atoms with Gasteiger partial charge in [-0.3, -0.25) is 0 Å². The van der Waals surface area contributed by atoms with E-state index in [1.165, 1.54) is 24.8 Å². The number of rotatable bonds is 10. The molecule has 0 aromatic heterocycles. The summed E-state index contributed by atoms with van der Waals surface area (Å²) in [5, 5.41) is 0. The van der Waals surface area contributed by atoms with Crippen molar-refractivity contribution in [2.75, 3.05) is 6.61 Å². The van der Waals surface area contributed by atoms with Gasteiger partial charge in [-0.05, 0) is 55.6 Å². The van der Waals surface area contributed by atoms with Crippen LogP contribution in [0.1, 0.15) is 59.4 Å². The topological polar surface area (TPSA) is 9.23 Å². The van der Waals surface area contributed by atoms with Crippen LogP contribution in [0.3, 0.4) is 0 Å². The van der Waals surface area contributed by atoms with Gasteiger partial charge in [-0.25, -0.2) is 0 Å². The first-order valence-corrected chi connectivity index (χ1v) is 9.80. The van der Waals surface area contributed by atoms with Crippen molar-refractivity contribution in [3.8, 4) is 5.75 Å². The van der Waals surface area contributed by atoms with Gasteiger partial charge >= 0.3 is 0 Å². The van der Waals surface area contributed by atoms with E-state index in [4.69, 9.17) is 4.74 Å². The Balaban J connectivity index is 0.00000277. The molecule has 4 atom stereocenters. The zero-order valence-corrected chi connectivity index (χ0v) is 17.4. The number of hydrogen-bond donors (Lipinski definition) is 0. The largest absolute Gasteiger partial charge is 0.493 e. The molecule has 0 aliphatic carbocycles. The number of benzene rings is 1. The Kier molecular flexibility index (Phi) is 12.9. The summed E-state index contributed by atoms with van der Waals surface area (Å²) in [6, 6.07) is 8.33. The minimum Gasteiger partial charge on any atom is -0.493 e. The molecule has 4 unspecified atom stereocenters. The fraction of sp³-hybridized carbons (Fsp3) is 0.583. The van der Waals surface area contributed by atoms with Crippen molar-refractivity contribution in [2.45, 2.75) is 60.8 Å². The molecule has 0 aliphatic rings. The van der Waals surface area contributed by atoms with E-state index in [-0.39, 0.29) is 0 Å². The van der Waals surface area contributed by atoms with Crippen LogP contribution in [0.15, 0.2) is 49.6 Å². The molecular formula is C24H40O. The summed E-state index contributed by atoms with van der Waals surface area (Å²) in [6.45, 7) is 20.5. The molecule has 1 aromatic carbocycles. The second-order valence-corrected chi connectivity index (χ2v) is 7.41. The van der Waals surface area contributed by atoms with Crippen LogP contribution in [-0.2, 0) is 0 Å². The van der Waals surface area contributed by atoms with Crippen molar-refractivity contribution in [1.82, 2.24) is 0 Å². The van der Waals surface area contributed by atoms with Crippen LogP contribution in [0.4, 0.5) is 0 Å². The molecule has 0 radical (unpaired) electrons. The normalized spacial score (nSPS) is 15.8. The van der Waals surface area contributed by atoms with Crippen LogP contribution in [0, 0.1) is 30.6 Å². The molecule has 142 valence electrons. The maximum Gasteiger partial charge on any atom is 0.119 e. The molecule has 0 saturated heterocycles. The van der Waals surface area contributed by atoms with E-state index in [9.17, 15) is 0 Å². The molecule has 0 heterocycles. The predicted molar refractivity (Wildman–Crippen MR) is 113 cm³/mol. The summed E-state index contributed by atoms with van der Waals surface area (Å²) in [7, 11) is 0. The highest BCUT2D eigenvalue weighted by Crippen LogP contribution is 2.22. The Morgan fingerprint density at radius 1 is 0.960 bits per heavy atom. The molecule has 0 N–H and O–H groups in total. The first-order valence-electron chi connectivity index (χ1n) is 9.80. The highest BCUT2D eigenvalue weighted by atomic mass is 16.5. The lowest BCUT2D eigenvalue weighted by molar-refractivity contribution is 0.239. The summed E-state index contributed by atoms with van der Waals surface area (Å²) < 4.78 is 5.90. The lowest BCUT2D eigenvalue weighted by Gasteiger charge is -2.20. The standard InChI is InChI=1S/C22H36O.C2H4/c1-7-17(2)8-12-20(5)21(6)13-9-19(4)16-23-22-14-10-18(3)11-15-22;1-2/h8,10-12,14-15,17,19-21H,7,9,13,16H2,1-6H3;1-2H2/b12-8-;. The lowest BCUT2D eigenvalue weighted by atomic mass is 9.88. The third kappa shape index (κ3) is 10.9. The fourth-order valence-electron chi connectivity index (χ4n) is 2.46. The minimum atomic E-state index is 0.601. The van der Waals surface area contributed by atoms with Gasteiger partial charge in [-0.2, -0.15) is 0 Å². The van der Waals surface area contributed by atoms with Gasteiger partial charge in [0.1, 0.15) is 5.75 Å². The molecule has 0 saturated carbocycles. The summed E-state index contributed by atoms with van der Waals surface area (Å²) in [6.07, 6.45) is 8.52. The SMILES string of the molecule is C=C.CCC(C)/C=C\C(C)C(C)CCC(C)COc1ccc(C)cc1. The van der Waals surface area contributed by atoms with Crippen LogP contribution >= 0.6 is 0 Å². The Morgan fingerprint density at radius 2 is 1.56 bits per heavy atom. The van der Waals surface area contributed by atoms with Gasteiger partial charge in [0, 0.05) is 0 Å². The van der Waals surface area contributed by atoms with E-state index in [2.05, 4.69) is 91.1 Å². The zero-order chi connectivity index (χ0) is 19.2. The summed E-state index contributed by atoms with van der Waals surface area (Å²) in [5.41, 5.74) is 1.28. The van der Waals surface area contributed by atoms with Crippen LogP contribution in [0.25, 0.3) is 0 Å². The van der Waals surface area contributed by atoms with Crippen molar-refractivity contribution in [2.24, 2.45) is 23.7 Å². The molecule has 1 nitrogen and oxygen atoms in total. The summed E-state index contributed by atoms with van der Waals surface area (Å²) in [4.78, 5) is 0. The summed E-state index contributed by atoms with van der Waals surface area (Å²) >= 11 is 0. The van der Waals surface area contributed by atoms with Gasteiger partial charge in [0.25, 0.3) is 0 Å². The van der Waals surface area contributed by atoms with E-state index in [0.29, 0.717) is 17.8 Å². The van der Waals surface area contributed by atoms with E-state index in [0.717, 1.165) is 18.3 Å². The predicted octanol–water partition coefficient (Wildman–Crippen LogP) is 7.47.